The lowest BCUT2D eigenvalue weighted by molar-refractivity contribution is -0.144. The number of ether oxygens (including phenoxy) is 1. The number of hydrogen-bond acceptors (Lipinski definition) is 3. The van der Waals surface area contributed by atoms with Gasteiger partial charge in [-0.3, -0.25) is 4.90 Å². The Morgan fingerprint density at radius 3 is 2.75 bits per heavy atom. The molecule has 1 aliphatic carbocycles. The molecule has 116 valence electrons. The third-order valence-electron chi connectivity index (χ3n) is 5.19. The van der Waals surface area contributed by atoms with Gasteiger partial charge in [0.05, 0.1) is 12.6 Å². The lowest BCUT2D eigenvalue weighted by Crippen LogP contribution is -2.67. The van der Waals surface area contributed by atoms with Gasteiger partial charge in [-0.25, -0.2) is 0 Å². The minimum absolute atomic E-state index is 0.0958. The number of nitrogens with one attached hydrogen (secondary N) is 1. The SMILES string of the molecule is CC1(C)[C@H](N[C@@H]2CCN(CC(F)(F)F)C2)[C@H]2CCO[C@@H]21. The first-order valence-corrected chi connectivity index (χ1v) is 7.44. The number of halogens is 3. The smallest absolute Gasteiger partial charge is 0.377 e. The summed E-state index contributed by atoms with van der Waals surface area (Å²) < 4.78 is 42.9. The highest BCUT2D eigenvalue weighted by molar-refractivity contribution is 5.12. The number of rotatable bonds is 3. The molecule has 3 nitrogen and oxygen atoms in total. The van der Waals surface area contributed by atoms with Crippen molar-refractivity contribution in [2.24, 2.45) is 11.3 Å². The second-order valence-corrected chi connectivity index (χ2v) is 7.05. The maximum atomic E-state index is 12.4. The normalized spacial score (nSPS) is 40.6. The Bertz CT molecular complexity index is 372. The van der Waals surface area contributed by atoms with Crippen LogP contribution in [0.15, 0.2) is 0 Å². The summed E-state index contributed by atoms with van der Waals surface area (Å²) in [5.41, 5.74) is 0.0958. The van der Waals surface area contributed by atoms with Crippen molar-refractivity contribution >= 4 is 0 Å². The molecule has 1 N–H and O–H groups in total. The summed E-state index contributed by atoms with van der Waals surface area (Å²) in [6.07, 6.45) is -1.88. The highest BCUT2D eigenvalue weighted by atomic mass is 19.4. The van der Waals surface area contributed by atoms with Crippen LogP contribution < -0.4 is 5.32 Å². The molecule has 4 atom stereocenters. The van der Waals surface area contributed by atoms with Crippen LogP contribution in [0.25, 0.3) is 0 Å². The van der Waals surface area contributed by atoms with Crippen molar-refractivity contribution in [3.8, 4) is 0 Å². The summed E-state index contributed by atoms with van der Waals surface area (Å²) in [5.74, 6) is 0.543. The molecule has 0 bridgehead atoms. The Morgan fingerprint density at radius 2 is 2.05 bits per heavy atom. The fourth-order valence-electron chi connectivity index (χ4n) is 4.28. The van der Waals surface area contributed by atoms with E-state index in [1.54, 1.807) is 0 Å². The van der Waals surface area contributed by atoms with Crippen molar-refractivity contribution in [2.45, 2.75) is 51.1 Å². The maximum absolute atomic E-state index is 12.4. The van der Waals surface area contributed by atoms with Crippen LogP contribution in [0.2, 0.25) is 0 Å². The molecule has 0 aromatic heterocycles. The topological polar surface area (TPSA) is 24.5 Å². The molecule has 0 unspecified atom stereocenters. The quantitative estimate of drug-likeness (QED) is 0.861. The van der Waals surface area contributed by atoms with E-state index < -0.39 is 12.7 Å². The summed E-state index contributed by atoms with van der Waals surface area (Å²) >= 11 is 0. The highest BCUT2D eigenvalue weighted by Crippen LogP contribution is 2.52. The van der Waals surface area contributed by atoms with Gasteiger partial charge >= 0.3 is 6.18 Å². The van der Waals surface area contributed by atoms with Crippen molar-refractivity contribution in [3.05, 3.63) is 0 Å². The molecule has 2 aliphatic heterocycles. The summed E-state index contributed by atoms with van der Waals surface area (Å²) in [6.45, 7) is 5.47. The van der Waals surface area contributed by atoms with E-state index in [4.69, 9.17) is 4.74 Å². The van der Waals surface area contributed by atoms with Crippen LogP contribution in [-0.2, 0) is 4.74 Å². The largest absolute Gasteiger partial charge is 0.401 e. The third kappa shape index (κ3) is 2.57. The Hall–Kier alpha value is -0.330. The van der Waals surface area contributed by atoms with Gasteiger partial charge in [0.2, 0.25) is 0 Å². The zero-order chi connectivity index (χ0) is 14.5. The van der Waals surface area contributed by atoms with Gasteiger partial charge in [-0.15, -0.1) is 0 Å². The molecule has 3 fully saturated rings. The second kappa shape index (κ2) is 4.85. The van der Waals surface area contributed by atoms with E-state index in [1.165, 1.54) is 4.90 Å². The van der Waals surface area contributed by atoms with Gasteiger partial charge in [0.1, 0.15) is 0 Å². The summed E-state index contributed by atoms with van der Waals surface area (Å²) in [5, 5.41) is 3.60. The van der Waals surface area contributed by atoms with Crippen molar-refractivity contribution in [1.82, 2.24) is 10.2 Å². The van der Waals surface area contributed by atoms with Gasteiger partial charge in [0.15, 0.2) is 0 Å². The van der Waals surface area contributed by atoms with Gasteiger partial charge in [0, 0.05) is 43.1 Å². The van der Waals surface area contributed by atoms with Crippen LogP contribution in [0.3, 0.4) is 0 Å². The van der Waals surface area contributed by atoms with Crippen molar-refractivity contribution in [2.75, 3.05) is 26.2 Å². The van der Waals surface area contributed by atoms with Crippen molar-refractivity contribution < 1.29 is 17.9 Å². The molecule has 6 heteroatoms. The Kier molecular flexibility index (Phi) is 3.54. The molecular weight excluding hydrogens is 269 g/mol. The first-order chi connectivity index (χ1) is 9.27. The summed E-state index contributed by atoms with van der Waals surface area (Å²) in [7, 11) is 0. The molecule has 0 aromatic rings. The van der Waals surface area contributed by atoms with Gasteiger partial charge in [-0.05, 0) is 12.8 Å². The molecule has 0 spiro atoms. The lowest BCUT2D eigenvalue weighted by atomic mass is 9.57. The van der Waals surface area contributed by atoms with E-state index in [9.17, 15) is 13.2 Å². The fraction of sp³-hybridized carbons (Fsp3) is 1.00. The maximum Gasteiger partial charge on any atom is 0.401 e. The summed E-state index contributed by atoms with van der Waals surface area (Å²) in [4.78, 5) is 1.51. The molecule has 2 saturated heterocycles. The molecule has 2 heterocycles. The standard InChI is InChI=1S/C14H23F3N2O/c1-13(2)11(10-4-6-20-12(10)13)18-9-3-5-19(7-9)8-14(15,16)17/h9-12,18H,3-8H2,1-2H3/t9-,10-,11-,12+/m1/s1. The van der Waals surface area contributed by atoms with Gasteiger partial charge in [-0.2, -0.15) is 13.2 Å². The number of fused-ring (bicyclic) bond motifs is 1. The minimum Gasteiger partial charge on any atom is -0.377 e. The number of likely N-dealkylation sites (tertiary alicyclic amines) is 1. The van der Waals surface area contributed by atoms with Gasteiger partial charge in [0.25, 0.3) is 0 Å². The third-order valence-corrected chi connectivity index (χ3v) is 5.19. The van der Waals surface area contributed by atoms with Crippen LogP contribution in [0, 0.1) is 11.3 Å². The molecule has 0 radical (unpaired) electrons. The van der Waals surface area contributed by atoms with Gasteiger partial charge in [-0.1, -0.05) is 13.8 Å². The van der Waals surface area contributed by atoms with Gasteiger partial charge < -0.3 is 10.1 Å². The lowest BCUT2D eigenvalue weighted by Gasteiger charge is -2.55. The van der Waals surface area contributed by atoms with Crippen LogP contribution in [-0.4, -0.2) is 55.5 Å². The van der Waals surface area contributed by atoms with E-state index in [1.807, 2.05) is 0 Å². The predicted molar refractivity (Wildman–Crippen MR) is 69.5 cm³/mol. The zero-order valence-electron chi connectivity index (χ0n) is 12.0. The minimum atomic E-state index is -4.09. The van der Waals surface area contributed by atoms with Crippen LogP contribution in [0.5, 0.6) is 0 Å². The Labute approximate surface area is 117 Å². The Morgan fingerprint density at radius 1 is 1.30 bits per heavy atom. The van der Waals surface area contributed by atoms with E-state index in [2.05, 4.69) is 19.2 Å². The molecular formula is C14H23F3N2O. The van der Waals surface area contributed by atoms with E-state index in [0.29, 0.717) is 31.2 Å². The average Bonchev–Trinajstić information content (AvgIpc) is 2.91. The molecule has 0 aromatic carbocycles. The van der Waals surface area contributed by atoms with Crippen molar-refractivity contribution in [1.29, 1.82) is 0 Å². The molecule has 3 aliphatic rings. The molecule has 1 saturated carbocycles. The second-order valence-electron chi connectivity index (χ2n) is 7.05. The van der Waals surface area contributed by atoms with Crippen LogP contribution >= 0.6 is 0 Å². The highest BCUT2D eigenvalue weighted by Gasteiger charge is 2.59. The van der Waals surface area contributed by atoms with E-state index in [0.717, 1.165) is 19.4 Å². The number of alkyl halides is 3. The summed E-state index contributed by atoms with van der Waals surface area (Å²) in [6, 6.07) is 0.564. The number of nitrogens with zero attached hydrogens (tertiary/aromatic N) is 1. The van der Waals surface area contributed by atoms with Crippen LogP contribution in [0.1, 0.15) is 26.7 Å². The van der Waals surface area contributed by atoms with Crippen LogP contribution in [0.4, 0.5) is 13.2 Å². The van der Waals surface area contributed by atoms with E-state index in [-0.39, 0.29) is 11.5 Å². The Balaban J connectivity index is 1.52. The monoisotopic (exact) mass is 292 g/mol. The molecule has 20 heavy (non-hydrogen) atoms. The average molecular weight is 292 g/mol. The van der Waals surface area contributed by atoms with E-state index >= 15 is 0 Å². The molecule has 3 rings (SSSR count). The first kappa shape index (κ1) is 14.6. The van der Waals surface area contributed by atoms with Crippen molar-refractivity contribution in [3.63, 3.8) is 0 Å². The first-order valence-electron chi connectivity index (χ1n) is 7.44. The molecule has 0 amide bonds. The fourth-order valence-corrected chi connectivity index (χ4v) is 4.28. The number of hydrogen-bond donors (Lipinski definition) is 1. The zero-order valence-corrected chi connectivity index (χ0v) is 12.0. The predicted octanol–water partition coefficient (Wildman–Crippen LogP) is 2.03.